The largest absolute Gasteiger partial charge is 0.485 e. The lowest BCUT2D eigenvalue weighted by Crippen LogP contribution is -2.51. The fraction of sp³-hybridized carbons (Fsp3) is 0.429. The molecule has 4 rings (SSSR count). The fourth-order valence-corrected chi connectivity index (χ4v) is 4.12. The maximum absolute atomic E-state index is 12.7. The van der Waals surface area contributed by atoms with Crippen LogP contribution in [0.3, 0.4) is 0 Å². The number of aromatic amines is 1. The van der Waals surface area contributed by atoms with Gasteiger partial charge in [0.15, 0.2) is 0 Å². The van der Waals surface area contributed by atoms with Gasteiger partial charge in [0, 0.05) is 19.2 Å². The molecule has 1 saturated carbocycles. The molecule has 0 radical (unpaired) electrons. The second kappa shape index (κ2) is 7.35. The Morgan fingerprint density at radius 3 is 2.66 bits per heavy atom. The number of benzene rings is 1. The molecule has 0 unspecified atom stereocenters. The predicted molar refractivity (Wildman–Crippen MR) is 106 cm³/mol. The molecule has 8 nitrogen and oxygen atoms in total. The van der Waals surface area contributed by atoms with Crippen LogP contribution in [0.4, 0.5) is 0 Å². The third kappa shape index (κ3) is 3.74. The van der Waals surface area contributed by atoms with Crippen LogP contribution in [0.5, 0.6) is 5.75 Å². The second-order valence-electron chi connectivity index (χ2n) is 7.92. The number of hydrogen-bond acceptors (Lipinski definition) is 5. The van der Waals surface area contributed by atoms with Crippen molar-refractivity contribution in [3.05, 3.63) is 57.5 Å². The van der Waals surface area contributed by atoms with E-state index >= 15 is 0 Å². The molecular formula is C21H24N4O4. The minimum absolute atomic E-state index is 0.0434. The van der Waals surface area contributed by atoms with Crippen LogP contribution in [0.15, 0.2) is 35.1 Å². The third-order valence-electron chi connectivity index (χ3n) is 5.91. The smallest absolute Gasteiger partial charge is 0.274 e. The van der Waals surface area contributed by atoms with E-state index < -0.39 is 5.60 Å². The average Bonchev–Trinajstić information content (AvgIpc) is 2.85. The number of fused-ring (bicyclic) bond motifs is 1. The van der Waals surface area contributed by atoms with Crippen LogP contribution < -0.4 is 15.6 Å². The molecule has 1 aromatic heterocycles. The van der Waals surface area contributed by atoms with Gasteiger partial charge in [0.05, 0.1) is 12.1 Å². The maximum atomic E-state index is 12.7. The maximum Gasteiger partial charge on any atom is 0.274 e. The highest BCUT2D eigenvalue weighted by molar-refractivity contribution is 5.97. The number of rotatable bonds is 2. The Balaban J connectivity index is 1.46. The van der Waals surface area contributed by atoms with Gasteiger partial charge in [-0.05, 0) is 50.8 Å². The highest BCUT2D eigenvalue weighted by Gasteiger charge is 2.42. The summed E-state index contributed by atoms with van der Waals surface area (Å²) in [6, 6.07) is 8.43. The van der Waals surface area contributed by atoms with Gasteiger partial charge in [-0.25, -0.2) is 5.10 Å². The lowest BCUT2D eigenvalue weighted by molar-refractivity contribution is 0.0102. The zero-order valence-corrected chi connectivity index (χ0v) is 16.5. The molecule has 1 aliphatic heterocycles. The minimum atomic E-state index is -0.465. The van der Waals surface area contributed by atoms with E-state index in [-0.39, 0.29) is 29.1 Å². The summed E-state index contributed by atoms with van der Waals surface area (Å²) in [6.07, 6.45) is 2.95. The predicted octanol–water partition coefficient (Wildman–Crippen LogP) is 1.65. The van der Waals surface area contributed by atoms with E-state index in [0.717, 1.165) is 31.2 Å². The molecule has 2 N–H and O–H groups in total. The number of ether oxygens (including phenoxy) is 1. The number of carbonyl (C=O) groups is 2. The van der Waals surface area contributed by atoms with Crippen LogP contribution in [-0.2, 0) is 0 Å². The molecule has 1 aliphatic carbocycles. The number of hydrogen-bond donors (Lipinski definition) is 2. The summed E-state index contributed by atoms with van der Waals surface area (Å²) in [5, 5.41) is 9.12. The van der Waals surface area contributed by atoms with Crippen LogP contribution in [0, 0.1) is 6.92 Å². The number of nitrogens with zero attached hydrogens (tertiary/aromatic N) is 2. The molecule has 1 aromatic carbocycles. The molecule has 1 fully saturated rings. The summed E-state index contributed by atoms with van der Waals surface area (Å²) in [7, 11) is 1.76. The molecule has 2 heterocycles. The van der Waals surface area contributed by atoms with Crippen molar-refractivity contribution < 1.29 is 14.3 Å². The van der Waals surface area contributed by atoms with Gasteiger partial charge < -0.3 is 15.0 Å². The lowest BCUT2D eigenvalue weighted by Gasteiger charge is -2.41. The second-order valence-corrected chi connectivity index (χ2v) is 7.92. The quantitative estimate of drug-likeness (QED) is 0.803. The van der Waals surface area contributed by atoms with E-state index in [1.165, 1.54) is 12.1 Å². The molecular weight excluding hydrogens is 372 g/mol. The average molecular weight is 396 g/mol. The van der Waals surface area contributed by atoms with Gasteiger partial charge >= 0.3 is 0 Å². The number of nitrogens with one attached hydrogen (secondary N) is 2. The number of aryl methyl sites for hydroxylation is 1. The molecule has 29 heavy (non-hydrogen) atoms. The molecule has 0 bridgehead atoms. The lowest BCUT2D eigenvalue weighted by atomic mass is 9.81. The molecule has 2 aromatic rings. The summed E-state index contributed by atoms with van der Waals surface area (Å²) in [6.45, 7) is 2.40. The third-order valence-corrected chi connectivity index (χ3v) is 5.91. The Hall–Kier alpha value is -3.16. The van der Waals surface area contributed by atoms with E-state index in [9.17, 15) is 14.4 Å². The van der Waals surface area contributed by atoms with Gasteiger partial charge in [0.25, 0.3) is 17.4 Å². The van der Waals surface area contributed by atoms with Gasteiger partial charge in [-0.1, -0.05) is 11.6 Å². The van der Waals surface area contributed by atoms with Crippen molar-refractivity contribution in [3.63, 3.8) is 0 Å². The molecule has 2 amide bonds. The summed E-state index contributed by atoms with van der Waals surface area (Å²) in [4.78, 5) is 38.0. The SMILES string of the molecule is Cc1ccc2c(c1)C(=O)NCC1(CCC(N(C)C(=O)c3ccc(=O)[nH]n3)CC1)O2. The Kier molecular flexibility index (Phi) is 4.86. The molecule has 0 atom stereocenters. The van der Waals surface area contributed by atoms with Crippen molar-refractivity contribution in [2.75, 3.05) is 13.6 Å². The van der Waals surface area contributed by atoms with E-state index in [1.54, 1.807) is 11.9 Å². The standard InChI is InChI=1S/C21H24N4O4/c1-13-3-5-17-15(11-13)19(27)22-12-21(29-17)9-7-14(8-10-21)25(2)20(28)16-4-6-18(26)24-23-16/h3-6,11,14H,7-10,12H2,1-2H3,(H,22,27)(H,24,26). The van der Waals surface area contributed by atoms with Gasteiger partial charge in [-0.3, -0.25) is 14.4 Å². The van der Waals surface area contributed by atoms with Gasteiger partial charge in [-0.15, -0.1) is 0 Å². The summed E-state index contributed by atoms with van der Waals surface area (Å²) < 4.78 is 6.36. The first-order valence-electron chi connectivity index (χ1n) is 9.78. The highest BCUT2D eigenvalue weighted by atomic mass is 16.5. The highest BCUT2D eigenvalue weighted by Crippen LogP contribution is 2.37. The van der Waals surface area contributed by atoms with E-state index in [0.29, 0.717) is 17.9 Å². The number of carbonyl (C=O) groups excluding carboxylic acids is 2. The van der Waals surface area contributed by atoms with Crippen LogP contribution in [0.1, 0.15) is 52.1 Å². The normalized spacial score (nSPS) is 23.5. The van der Waals surface area contributed by atoms with E-state index in [1.807, 2.05) is 25.1 Å². The molecule has 2 aliphatic rings. The number of aromatic nitrogens is 2. The first-order chi connectivity index (χ1) is 13.9. The topological polar surface area (TPSA) is 104 Å². The molecule has 152 valence electrons. The molecule has 1 spiro atoms. The van der Waals surface area contributed by atoms with Crippen LogP contribution in [0.2, 0.25) is 0 Å². The summed E-state index contributed by atoms with van der Waals surface area (Å²) in [5.41, 5.74) is 0.993. The molecule has 0 saturated heterocycles. The van der Waals surface area contributed by atoms with Crippen LogP contribution >= 0.6 is 0 Å². The fourth-order valence-electron chi connectivity index (χ4n) is 4.12. The monoisotopic (exact) mass is 396 g/mol. The Bertz CT molecular complexity index is 987. The van der Waals surface area contributed by atoms with Crippen molar-refractivity contribution in [1.82, 2.24) is 20.4 Å². The van der Waals surface area contributed by atoms with Gasteiger partial charge in [0.1, 0.15) is 17.0 Å². The van der Waals surface area contributed by atoms with E-state index in [2.05, 4.69) is 15.5 Å². The molecule has 8 heteroatoms. The van der Waals surface area contributed by atoms with Crippen LogP contribution in [0.25, 0.3) is 0 Å². The Morgan fingerprint density at radius 1 is 1.21 bits per heavy atom. The number of amides is 2. The van der Waals surface area contributed by atoms with Crippen LogP contribution in [-0.4, -0.2) is 52.1 Å². The van der Waals surface area contributed by atoms with Crippen molar-refractivity contribution in [1.29, 1.82) is 0 Å². The summed E-state index contributed by atoms with van der Waals surface area (Å²) >= 11 is 0. The van der Waals surface area contributed by atoms with E-state index in [4.69, 9.17) is 4.74 Å². The Morgan fingerprint density at radius 2 is 1.97 bits per heavy atom. The first kappa shape index (κ1) is 19.2. The van der Waals surface area contributed by atoms with Crippen molar-refractivity contribution in [2.24, 2.45) is 0 Å². The van der Waals surface area contributed by atoms with Crippen molar-refractivity contribution in [2.45, 2.75) is 44.2 Å². The van der Waals surface area contributed by atoms with Gasteiger partial charge in [0.2, 0.25) is 0 Å². The van der Waals surface area contributed by atoms with Crippen molar-refractivity contribution >= 4 is 11.8 Å². The first-order valence-corrected chi connectivity index (χ1v) is 9.78. The Labute approximate surface area is 168 Å². The van der Waals surface area contributed by atoms with Gasteiger partial charge in [-0.2, -0.15) is 5.10 Å². The minimum Gasteiger partial charge on any atom is -0.485 e. The summed E-state index contributed by atoms with van der Waals surface area (Å²) in [5.74, 6) is 0.281. The zero-order valence-electron chi connectivity index (χ0n) is 16.5. The number of H-pyrrole nitrogens is 1. The van der Waals surface area contributed by atoms with Crippen molar-refractivity contribution in [3.8, 4) is 5.75 Å². The zero-order chi connectivity index (χ0) is 20.6.